The summed E-state index contributed by atoms with van der Waals surface area (Å²) in [5.41, 5.74) is 1.02. The van der Waals surface area contributed by atoms with E-state index in [0.717, 1.165) is 37.9 Å². The Morgan fingerprint density at radius 3 is 2.57 bits per heavy atom. The SMILES string of the molecule is O=C(CCCCC1SCC2NC(=O)NC21)NCCCCCC(=O)Nc1ccc(OP(=O)(O)O)c(C[n+]2ccccc2)c1. The molecular weight excluding hydrogens is 581 g/mol. The minimum atomic E-state index is -4.75. The lowest BCUT2D eigenvalue weighted by atomic mass is 10.0. The summed E-state index contributed by atoms with van der Waals surface area (Å²) in [6.45, 7) is 0.866. The standard InChI is InChI=1S/C28H38N5O7PS/c34-25(10-5-4-9-24-27-22(19-42-24)31-28(36)32-27)29-14-6-1-3-11-26(35)30-21-12-13-23(40-41(37,38)39)20(17-21)18-33-15-7-2-8-16-33/h2,7-8,12-13,15-17,22,24,27H,1,3-6,9-11,14,18-19H2,(H5-,29,30,31,32,34,35,36,37,38,39)/p+1. The number of nitrogens with one attached hydrogen (secondary N) is 4. The number of rotatable bonds is 16. The van der Waals surface area contributed by atoms with E-state index >= 15 is 0 Å². The first-order valence-corrected chi connectivity index (χ1v) is 16.8. The maximum absolute atomic E-state index is 12.5. The number of hydrogen-bond donors (Lipinski definition) is 6. The Morgan fingerprint density at radius 2 is 1.79 bits per heavy atom. The van der Waals surface area contributed by atoms with Crippen molar-refractivity contribution in [1.29, 1.82) is 0 Å². The van der Waals surface area contributed by atoms with Crippen LogP contribution in [0.4, 0.5) is 10.5 Å². The van der Waals surface area contributed by atoms with Crippen LogP contribution in [-0.4, -0.2) is 57.3 Å². The summed E-state index contributed by atoms with van der Waals surface area (Å²) < 4.78 is 18.1. The Morgan fingerprint density at radius 1 is 1.02 bits per heavy atom. The number of carbonyl (C=O) groups is 3. The number of urea groups is 1. The zero-order chi connectivity index (χ0) is 30.0. The molecule has 3 unspecified atom stereocenters. The summed E-state index contributed by atoms with van der Waals surface area (Å²) in [5, 5.41) is 12.1. The Bertz CT molecular complexity index is 1280. The Hall–Kier alpha value is -3.12. The summed E-state index contributed by atoms with van der Waals surface area (Å²) >= 11 is 1.88. The van der Waals surface area contributed by atoms with Crippen LogP contribution in [0.5, 0.6) is 5.75 Å². The van der Waals surface area contributed by atoms with Crippen LogP contribution >= 0.6 is 19.6 Å². The molecule has 3 atom stereocenters. The molecule has 4 rings (SSSR count). The molecule has 2 aliphatic rings. The van der Waals surface area contributed by atoms with Gasteiger partial charge in [0.2, 0.25) is 11.8 Å². The van der Waals surface area contributed by atoms with Crippen LogP contribution in [0.3, 0.4) is 0 Å². The zero-order valence-electron chi connectivity index (χ0n) is 23.4. The molecule has 14 heteroatoms. The molecule has 2 saturated heterocycles. The van der Waals surface area contributed by atoms with Crippen LogP contribution in [0.25, 0.3) is 0 Å². The molecule has 12 nitrogen and oxygen atoms in total. The van der Waals surface area contributed by atoms with Gasteiger partial charge in [-0.15, -0.1) is 0 Å². The number of phosphoric ester groups is 1. The van der Waals surface area contributed by atoms with E-state index in [4.69, 9.17) is 4.52 Å². The second-order valence-corrected chi connectivity index (χ2v) is 13.0. The van der Waals surface area contributed by atoms with Crippen molar-refractivity contribution in [3.63, 3.8) is 0 Å². The summed E-state index contributed by atoms with van der Waals surface area (Å²) in [6.07, 6.45) is 9.43. The molecule has 1 aromatic heterocycles. The first-order valence-electron chi connectivity index (χ1n) is 14.2. The quantitative estimate of drug-likeness (QED) is 0.0720. The van der Waals surface area contributed by atoms with Crippen molar-refractivity contribution in [1.82, 2.24) is 16.0 Å². The number of pyridine rings is 1. The predicted molar refractivity (Wildman–Crippen MR) is 159 cm³/mol. The Balaban J connectivity index is 1.09. The van der Waals surface area contributed by atoms with Crippen molar-refractivity contribution in [3.05, 3.63) is 54.4 Å². The summed E-state index contributed by atoms with van der Waals surface area (Å²) in [4.78, 5) is 54.6. The normalized spacial score (nSPS) is 19.5. The number of carbonyl (C=O) groups excluding carboxylic acids is 3. The largest absolute Gasteiger partial charge is 0.524 e. The molecular formula is C28H39N5O7PS+. The number of amides is 4. The molecule has 4 amide bonds. The molecule has 42 heavy (non-hydrogen) atoms. The molecule has 2 aromatic rings. The van der Waals surface area contributed by atoms with Crippen molar-refractivity contribution in [2.24, 2.45) is 0 Å². The lowest BCUT2D eigenvalue weighted by molar-refractivity contribution is -0.688. The first kappa shape index (κ1) is 31.8. The van der Waals surface area contributed by atoms with E-state index in [9.17, 15) is 28.7 Å². The van der Waals surface area contributed by atoms with Gasteiger partial charge in [0.05, 0.1) is 17.6 Å². The van der Waals surface area contributed by atoms with Crippen LogP contribution in [0.15, 0.2) is 48.8 Å². The fraction of sp³-hybridized carbons (Fsp3) is 0.500. The number of hydrogen-bond acceptors (Lipinski definition) is 6. The third kappa shape index (κ3) is 10.3. The number of benzene rings is 1. The number of unbranched alkanes of at least 4 members (excludes halogenated alkanes) is 3. The highest BCUT2D eigenvalue weighted by Gasteiger charge is 2.42. The van der Waals surface area contributed by atoms with Crippen molar-refractivity contribution < 1.29 is 37.8 Å². The molecule has 1 aromatic carbocycles. The van der Waals surface area contributed by atoms with Crippen LogP contribution in [-0.2, 0) is 20.7 Å². The van der Waals surface area contributed by atoms with Gasteiger partial charge in [-0.1, -0.05) is 18.9 Å². The molecule has 0 spiro atoms. The average molecular weight is 621 g/mol. The van der Waals surface area contributed by atoms with Gasteiger partial charge in [-0.25, -0.2) is 13.9 Å². The minimum Gasteiger partial charge on any atom is -0.404 e. The van der Waals surface area contributed by atoms with Gasteiger partial charge in [-0.2, -0.15) is 11.8 Å². The van der Waals surface area contributed by atoms with Crippen molar-refractivity contribution in [2.75, 3.05) is 17.6 Å². The maximum Gasteiger partial charge on any atom is 0.524 e. The van der Waals surface area contributed by atoms with E-state index in [1.54, 1.807) is 12.1 Å². The van der Waals surface area contributed by atoms with Gasteiger partial charge >= 0.3 is 13.9 Å². The second kappa shape index (κ2) is 15.4. The highest BCUT2D eigenvalue weighted by molar-refractivity contribution is 8.00. The van der Waals surface area contributed by atoms with E-state index in [-0.39, 0.29) is 35.7 Å². The van der Waals surface area contributed by atoms with Gasteiger partial charge in [0.25, 0.3) is 0 Å². The van der Waals surface area contributed by atoms with E-state index < -0.39 is 7.82 Å². The van der Waals surface area contributed by atoms with Gasteiger partial charge in [0, 0.05) is 48.2 Å². The van der Waals surface area contributed by atoms with Gasteiger partial charge in [-0.3, -0.25) is 19.4 Å². The molecule has 0 saturated carbocycles. The smallest absolute Gasteiger partial charge is 0.404 e. The number of aromatic nitrogens is 1. The van der Waals surface area contributed by atoms with Gasteiger partial charge in [-0.05, 0) is 43.9 Å². The molecule has 2 fully saturated rings. The van der Waals surface area contributed by atoms with Crippen molar-refractivity contribution in [2.45, 2.75) is 75.2 Å². The molecule has 228 valence electrons. The monoisotopic (exact) mass is 620 g/mol. The topological polar surface area (TPSA) is 170 Å². The summed E-state index contributed by atoms with van der Waals surface area (Å²) in [6, 6.07) is 10.5. The van der Waals surface area contributed by atoms with Gasteiger partial charge < -0.3 is 25.8 Å². The van der Waals surface area contributed by atoms with Crippen LogP contribution in [0.2, 0.25) is 0 Å². The fourth-order valence-corrected chi connectivity index (χ4v) is 7.11. The highest BCUT2D eigenvalue weighted by Crippen LogP contribution is 2.39. The van der Waals surface area contributed by atoms with Crippen molar-refractivity contribution in [3.8, 4) is 5.75 Å². The van der Waals surface area contributed by atoms with Crippen molar-refractivity contribution >= 4 is 43.1 Å². The Kier molecular flexibility index (Phi) is 11.6. The third-order valence-electron chi connectivity index (χ3n) is 7.18. The number of fused-ring (bicyclic) bond motifs is 1. The summed E-state index contributed by atoms with van der Waals surface area (Å²) in [5.74, 6) is 0.856. The molecule has 0 aliphatic carbocycles. The van der Waals surface area contributed by atoms with Crippen LogP contribution in [0.1, 0.15) is 56.9 Å². The van der Waals surface area contributed by atoms with Crippen LogP contribution < -0.4 is 30.4 Å². The number of phosphoric acid groups is 1. The molecule has 0 radical (unpaired) electrons. The van der Waals surface area contributed by atoms with E-state index in [1.807, 2.05) is 46.9 Å². The van der Waals surface area contributed by atoms with Gasteiger partial charge in [0.15, 0.2) is 18.9 Å². The predicted octanol–water partition coefficient (Wildman–Crippen LogP) is 2.83. The van der Waals surface area contributed by atoms with Crippen LogP contribution in [0, 0.1) is 0 Å². The molecule has 3 heterocycles. The first-order chi connectivity index (χ1) is 20.2. The lowest BCUT2D eigenvalue weighted by Crippen LogP contribution is -2.36. The van der Waals surface area contributed by atoms with E-state index in [1.165, 1.54) is 6.07 Å². The number of nitrogens with zero attached hydrogens (tertiary/aromatic N) is 1. The molecule has 2 aliphatic heterocycles. The zero-order valence-corrected chi connectivity index (χ0v) is 25.1. The fourth-order valence-electron chi connectivity index (χ4n) is 5.14. The van der Waals surface area contributed by atoms with Gasteiger partial charge in [0.1, 0.15) is 5.75 Å². The van der Waals surface area contributed by atoms with E-state index in [0.29, 0.717) is 48.9 Å². The lowest BCUT2D eigenvalue weighted by Gasteiger charge is -2.16. The number of anilines is 1. The third-order valence-corrected chi connectivity index (χ3v) is 9.12. The highest BCUT2D eigenvalue weighted by atomic mass is 32.2. The second-order valence-electron chi connectivity index (χ2n) is 10.5. The summed E-state index contributed by atoms with van der Waals surface area (Å²) in [7, 11) is -4.75. The maximum atomic E-state index is 12.5. The molecule has 6 N–H and O–H groups in total. The Labute approximate surface area is 249 Å². The number of thioether (sulfide) groups is 1. The minimum absolute atomic E-state index is 0.0381. The average Bonchev–Trinajstić information content (AvgIpc) is 3.49. The molecule has 0 bridgehead atoms. The van der Waals surface area contributed by atoms with E-state index in [2.05, 4.69) is 21.3 Å².